The molecule has 5 heteroatoms. The van der Waals surface area contributed by atoms with Gasteiger partial charge in [-0.1, -0.05) is 6.42 Å². The van der Waals surface area contributed by atoms with E-state index in [1.807, 2.05) is 25.1 Å². The van der Waals surface area contributed by atoms with Gasteiger partial charge in [-0.05, 0) is 44.7 Å². The van der Waals surface area contributed by atoms with Gasteiger partial charge in [0.15, 0.2) is 17.5 Å². The molecule has 2 aliphatic rings. The van der Waals surface area contributed by atoms with E-state index in [4.69, 9.17) is 9.47 Å². The topological polar surface area (TPSA) is 52.0 Å². The molecule has 0 spiro atoms. The van der Waals surface area contributed by atoms with Crippen LogP contribution in [0.2, 0.25) is 0 Å². The van der Waals surface area contributed by atoms with E-state index in [-0.39, 0.29) is 11.9 Å². The van der Waals surface area contributed by atoms with E-state index in [0.29, 0.717) is 19.0 Å². The highest BCUT2D eigenvalue weighted by Gasteiger charge is 2.25. The number of benzene rings is 1. The van der Waals surface area contributed by atoms with E-state index >= 15 is 0 Å². The molecule has 5 nitrogen and oxygen atoms in total. The van der Waals surface area contributed by atoms with E-state index in [2.05, 4.69) is 5.32 Å². The average molecular weight is 319 g/mol. The highest BCUT2D eigenvalue weighted by molar-refractivity contribution is 5.93. The van der Waals surface area contributed by atoms with Crippen LogP contribution in [0.15, 0.2) is 18.2 Å². The van der Waals surface area contributed by atoms with Gasteiger partial charge in [0, 0.05) is 11.8 Å². The Kier molecular flexibility index (Phi) is 5.39. The molecule has 1 amide bonds. The predicted molar refractivity (Wildman–Crippen MR) is 89.3 cm³/mol. The summed E-state index contributed by atoms with van der Waals surface area (Å²) in [6.45, 7) is 5.35. The molecule has 0 radical (unpaired) electrons. The van der Waals surface area contributed by atoms with Crippen molar-refractivity contribution >= 4 is 11.6 Å². The fourth-order valence-corrected chi connectivity index (χ4v) is 3.35. The molecule has 1 atom stereocenters. The summed E-state index contributed by atoms with van der Waals surface area (Å²) in [7, 11) is 0. The molecular weight excluding hydrogens is 292 g/mol. The van der Waals surface area contributed by atoms with Crippen molar-refractivity contribution in [1.82, 2.24) is 0 Å². The predicted octanol–water partition coefficient (Wildman–Crippen LogP) is 1.63. The number of amides is 1. The number of quaternary nitrogens is 1. The van der Waals surface area contributed by atoms with Gasteiger partial charge in [-0.3, -0.25) is 4.79 Å². The first-order valence-corrected chi connectivity index (χ1v) is 8.79. The first-order valence-electron chi connectivity index (χ1n) is 8.79. The normalized spacial score (nSPS) is 20.2. The minimum absolute atomic E-state index is 0.0266. The summed E-state index contributed by atoms with van der Waals surface area (Å²) in [5.41, 5.74) is 0.776. The molecule has 1 aromatic rings. The van der Waals surface area contributed by atoms with E-state index in [0.717, 1.165) is 24.5 Å². The van der Waals surface area contributed by atoms with Gasteiger partial charge < -0.3 is 19.7 Å². The Bertz CT molecular complexity index is 539. The Hall–Kier alpha value is -1.75. The van der Waals surface area contributed by atoms with Crippen LogP contribution in [0.25, 0.3) is 0 Å². The highest BCUT2D eigenvalue weighted by atomic mass is 16.6. The van der Waals surface area contributed by atoms with Crippen LogP contribution >= 0.6 is 0 Å². The van der Waals surface area contributed by atoms with Gasteiger partial charge in [-0.15, -0.1) is 0 Å². The summed E-state index contributed by atoms with van der Waals surface area (Å²) in [6, 6.07) is 5.56. The lowest BCUT2D eigenvalue weighted by Crippen LogP contribution is -3.16. The molecule has 0 aliphatic carbocycles. The molecule has 2 heterocycles. The van der Waals surface area contributed by atoms with Gasteiger partial charge >= 0.3 is 0 Å². The van der Waals surface area contributed by atoms with Crippen LogP contribution in [0.5, 0.6) is 11.5 Å². The largest absolute Gasteiger partial charge is 0.486 e. The van der Waals surface area contributed by atoms with Crippen LogP contribution in [-0.2, 0) is 4.79 Å². The van der Waals surface area contributed by atoms with Crippen LogP contribution in [0.4, 0.5) is 5.69 Å². The maximum absolute atomic E-state index is 12.6. The number of hydrogen-bond acceptors (Lipinski definition) is 3. The lowest BCUT2D eigenvalue weighted by Gasteiger charge is -2.27. The molecule has 0 unspecified atom stereocenters. The summed E-state index contributed by atoms with van der Waals surface area (Å²) in [5.74, 6) is 1.54. The van der Waals surface area contributed by atoms with Crippen LogP contribution in [0.1, 0.15) is 39.0 Å². The van der Waals surface area contributed by atoms with Crippen molar-refractivity contribution in [3.8, 4) is 11.5 Å². The van der Waals surface area contributed by atoms with Gasteiger partial charge in [0.05, 0.1) is 13.1 Å². The SMILES string of the molecule is C[C@H](C(=O)Nc1ccc2c(c1)OCCO2)[NH+]1CCCCCCC1. The lowest BCUT2D eigenvalue weighted by molar-refractivity contribution is -0.914. The summed E-state index contributed by atoms with van der Waals surface area (Å²) >= 11 is 0. The van der Waals surface area contributed by atoms with Crippen molar-refractivity contribution in [3.05, 3.63) is 18.2 Å². The van der Waals surface area contributed by atoms with Crippen molar-refractivity contribution in [1.29, 1.82) is 0 Å². The molecular formula is C18H27N2O3+. The summed E-state index contributed by atoms with van der Waals surface area (Å²) in [5, 5.41) is 3.03. The monoisotopic (exact) mass is 319 g/mol. The van der Waals surface area contributed by atoms with Gasteiger partial charge in [0.2, 0.25) is 0 Å². The molecule has 1 saturated heterocycles. The highest BCUT2D eigenvalue weighted by Crippen LogP contribution is 2.32. The van der Waals surface area contributed by atoms with Crippen molar-refractivity contribution in [3.63, 3.8) is 0 Å². The quantitative estimate of drug-likeness (QED) is 0.890. The van der Waals surface area contributed by atoms with Crippen LogP contribution < -0.4 is 19.7 Å². The van der Waals surface area contributed by atoms with Gasteiger partial charge in [-0.2, -0.15) is 0 Å². The maximum Gasteiger partial charge on any atom is 0.282 e. The second kappa shape index (κ2) is 7.68. The Morgan fingerprint density at radius 2 is 1.70 bits per heavy atom. The minimum Gasteiger partial charge on any atom is -0.486 e. The third-order valence-corrected chi connectivity index (χ3v) is 4.81. The van der Waals surface area contributed by atoms with E-state index in [1.165, 1.54) is 37.0 Å². The Labute approximate surface area is 137 Å². The number of likely N-dealkylation sites (tertiary alicyclic amines) is 1. The van der Waals surface area contributed by atoms with Crippen LogP contribution in [0.3, 0.4) is 0 Å². The second-order valence-corrected chi connectivity index (χ2v) is 6.50. The zero-order valence-corrected chi connectivity index (χ0v) is 13.9. The van der Waals surface area contributed by atoms with Crippen molar-refractivity contribution in [2.75, 3.05) is 31.6 Å². The molecule has 0 bridgehead atoms. The standard InChI is InChI=1S/C18H26N2O3/c1-14(20-9-5-3-2-4-6-10-20)18(21)19-15-7-8-16-17(13-15)23-12-11-22-16/h7-8,13-14H,2-6,9-12H2,1H3,(H,19,21)/p+1/t14-/m1/s1. The van der Waals surface area contributed by atoms with E-state index in [1.54, 1.807) is 0 Å². The van der Waals surface area contributed by atoms with Crippen molar-refractivity contribution in [2.24, 2.45) is 0 Å². The smallest absolute Gasteiger partial charge is 0.282 e. The number of nitrogens with one attached hydrogen (secondary N) is 2. The third kappa shape index (κ3) is 4.16. The Balaban J connectivity index is 1.61. The minimum atomic E-state index is -0.0266. The molecule has 2 N–H and O–H groups in total. The van der Waals surface area contributed by atoms with Crippen LogP contribution in [0, 0.1) is 0 Å². The molecule has 126 valence electrons. The Morgan fingerprint density at radius 1 is 1.04 bits per heavy atom. The zero-order chi connectivity index (χ0) is 16.1. The summed E-state index contributed by atoms with van der Waals surface area (Å²) < 4.78 is 11.1. The third-order valence-electron chi connectivity index (χ3n) is 4.81. The van der Waals surface area contributed by atoms with Crippen molar-refractivity contribution in [2.45, 2.75) is 45.1 Å². The van der Waals surface area contributed by atoms with Gasteiger partial charge in [0.25, 0.3) is 5.91 Å². The fourth-order valence-electron chi connectivity index (χ4n) is 3.35. The Morgan fingerprint density at radius 3 is 2.43 bits per heavy atom. The number of ether oxygens (including phenoxy) is 2. The second-order valence-electron chi connectivity index (χ2n) is 6.50. The first kappa shape index (κ1) is 16.1. The molecule has 1 aromatic carbocycles. The number of carbonyl (C=O) groups excluding carboxylic acids is 1. The van der Waals surface area contributed by atoms with Gasteiger partial charge in [-0.25, -0.2) is 0 Å². The molecule has 3 rings (SSSR count). The first-order chi connectivity index (χ1) is 11.2. The van der Waals surface area contributed by atoms with E-state index < -0.39 is 0 Å². The fraction of sp³-hybridized carbons (Fsp3) is 0.611. The number of rotatable bonds is 3. The van der Waals surface area contributed by atoms with Gasteiger partial charge in [0.1, 0.15) is 13.2 Å². The summed E-state index contributed by atoms with van der Waals surface area (Å²) in [4.78, 5) is 14.0. The molecule has 1 fully saturated rings. The number of carbonyl (C=O) groups is 1. The van der Waals surface area contributed by atoms with Crippen LogP contribution in [-0.4, -0.2) is 38.3 Å². The lowest BCUT2D eigenvalue weighted by atomic mass is 10.1. The van der Waals surface area contributed by atoms with E-state index in [9.17, 15) is 4.79 Å². The van der Waals surface area contributed by atoms with Crippen molar-refractivity contribution < 1.29 is 19.2 Å². The molecule has 0 aromatic heterocycles. The summed E-state index contributed by atoms with van der Waals surface area (Å²) in [6.07, 6.45) is 6.36. The molecule has 23 heavy (non-hydrogen) atoms. The zero-order valence-electron chi connectivity index (χ0n) is 13.9. The molecule has 2 aliphatic heterocycles. The molecule has 0 saturated carbocycles. The number of anilines is 1. The number of fused-ring (bicyclic) bond motifs is 1. The maximum atomic E-state index is 12.6. The number of hydrogen-bond donors (Lipinski definition) is 2. The average Bonchev–Trinajstić information content (AvgIpc) is 2.54.